The lowest BCUT2D eigenvalue weighted by Gasteiger charge is -2.23. The van der Waals surface area contributed by atoms with Crippen LogP contribution in [0.5, 0.6) is 34.5 Å². The third kappa shape index (κ3) is 12.1. The number of ether oxygens (including phenoxy) is 6. The van der Waals surface area contributed by atoms with Crippen LogP contribution in [0.1, 0.15) is 52.5 Å². The topological polar surface area (TPSA) is 133 Å². The number of rotatable bonds is 24. The summed E-state index contributed by atoms with van der Waals surface area (Å²) in [6.45, 7) is 12.5. The Morgan fingerprint density at radius 1 is 0.519 bits per heavy atom. The van der Waals surface area contributed by atoms with E-state index in [1.54, 1.807) is 0 Å². The minimum Gasteiger partial charge on any atom is -0.493 e. The van der Waals surface area contributed by atoms with Crippen LogP contribution in [0.3, 0.4) is 0 Å². The Hall–Kier alpha value is -4.44. The normalized spacial score (nSPS) is 11.2. The lowest BCUT2D eigenvalue weighted by atomic mass is 9.96. The molecule has 0 fully saturated rings. The van der Waals surface area contributed by atoms with Crippen molar-refractivity contribution in [1.29, 1.82) is 0 Å². The summed E-state index contributed by atoms with van der Waals surface area (Å²) in [7, 11) is 0. The lowest BCUT2D eigenvalue weighted by molar-refractivity contribution is 0.240. The van der Waals surface area contributed by atoms with Gasteiger partial charge in [-0.05, 0) is 71.3 Å². The average Bonchev–Trinajstić information content (AvgIpc) is 3.15. The average molecular weight is 714 g/mol. The Bertz CT molecular complexity index is 1630. The Labute approximate surface area is 310 Å². The molecule has 0 aliphatic rings. The molecule has 0 unspecified atom stereocenters. The predicted octanol–water partition coefficient (Wildman–Crippen LogP) is 7.89. The molecule has 282 valence electrons. The van der Waals surface area contributed by atoms with Gasteiger partial charge in [-0.15, -0.1) is 0 Å². The fourth-order valence-corrected chi connectivity index (χ4v) is 5.75. The van der Waals surface area contributed by atoms with Gasteiger partial charge in [0.15, 0.2) is 0 Å². The highest BCUT2D eigenvalue weighted by Crippen LogP contribution is 2.48. The van der Waals surface area contributed by atoms with E-state index in [0.29, 0.717) is 99.9 Å². The molecule has 0 amide bonds. The van der Waals surface area contributed by atoms with E-state index in [9.17, 15) is 0 Å². The molecule has 6 N–H and O–H groups in total. The molecule has 0 aromatic heterocycles. The minimum atomic E-state index is 0.301. The molecule has 0 atom stereocenters. The molecular weight excluding hydrogens is 654 g/mol. The first-order valence-electron chi connectivity index (χ1n) is 18.8. The molecule has 9 heteroatoms. The van der Waals surface area contributed by atoms with E-state index in [1.165, 1.54) is 5.56 Å². The molecule has 4 aromatic carbocycles. The van der Waals surface area contributed by atoms with Gasteiger partial charge in [0.25, 0.3) is 0 Å². The van der Waals surface area contributed by atoms with E-state index in [2.05, 4.69) is 39.8 Å². The smallest absolute Gasteiger partial charge is 0.131 e. The molecule has 0 aliphatic heterocycles. The Kier molecular flexibility index (Phi) is 16.9. The zero-order chi connectivity index (χ0) is 37.1. The van der Waals surface area contributed by atoms with Crippen molar-refractivity contribution >= 4 is 0 Å². The van der Waals surface area contributed by atoms with Crippen molar-refractivity contribution in [3.8, 4) is 56.8 Å². The van der Waals surface area contributed by atoms with Gasteiger partial charge in [-0.25, -0.2) is 0 Å². The van der Waals surface area contributed by atoms with E-state index in [-0.39, 0.29) is 0 Å². The zero-order valence-electron chi connectivity index (χ0n) is 31.5. The van der Waals surface area contributed by atoms with Gasteiger partial charge in [-0.2, -0.15) is 0 Å². The molecule has 4 aromatic rings. The number of benzene rings is 4. The fourth-order valence-electron chi connectivity index (χ4n) is 5.75. The SMILES string of the molecule is CCC(CC)COc1cccc(OCCN)c1-c1cc(OCCN)c(-c2cc(OCCN)cc(OCCc3ccccc3)c2)c(OCCC(C)C)c1. The van der Waals surface area contributed by atoms with Crippen molar-refractivity contribution < 1.29 is 28.4 Å². The summed E-state index contributed by atoms with van der Waals surface area (Å²) in [5.74, 6) is 4.83. The van der Waals surface area contributed by atoms with Crippen LogP contribution in [0.15, 0.2) is 78.9 Å². The summed E-state index contributed by atoms with van der Waals surface area (Å²) in [5, 5.41) is 0. The van der Waals surface area contributed by atoms with Crippen molar-refractivity contribution in [2.24, 2.45) is 29.0 Å². The van der Waals surface area contributed by atoms with Crippen LogP contribution in [0.2, 0.25) is 0 Å². The largest absolute Gasteiger partial charge is 0.493 e. The van der Waals surface area contributed by atoms with Crippen molar-refractivity contribution in [1.82, 2.24) is 0 Å². The van der Waals surface area contributed by atoms with E-state index < -0.39 is 0 Å². The zero-order valence-corrected chi connectivity index (χ0v) is 31.5. The van der Waals surface area contributed by atoms with Crippen molar-refractivity contribution in [3.63, 3.8) is 0 Å². The maximum Gasteiger partial charge on any atom is 0.131 e. The standard InChI is InChI=1S/C43H59N3O6/c1-5-32(6-2)30-52-39-14-10-13-38(50-23-18-45)42(39)35-27-40(49-20-15-31(3)4)43(41(28-35)51-24-19-46)34-25-36(29-37(26-34)48-22-17-44)47-21-16-33-11-8-7-9-12-33/h7-14,25-29,31-32H,5-6,15-24,30,44-46H2,1-4H3. The maximum absolute atomic E-state index is 6.66. The van der Waals surface area contributed by atoms with Crippen LogP contribution in [-0.2, 0) is 6.42 Å². The molecule has 4 rings (SSSR count). The molecule has 0 heterocycles. The van der Waals surface area contributed by atoms with E-state index >= 15 is 0 Å². The lowest BCUT2D eigenvalue weighted by Crippen LogP contribution is -2.13. The van der Waals surface area contributed by atoms with Gasteiger partial charge < -0.3 is 45.6 Å². The molecule has 0 radical (unpaired) electrons. The molecule has 0 bridgehead atoms. The first-order valence-corrected chi connectivity index (χ1v) is 18.8. The first-order chi connectivity index (χ1) is 25.4. The van der Waals surface area contributed by atoms with Crippen LogP contribution in [0.25, 0.3) is 22.3 Å². The second kappa shape index (κ2) is 21.8. The number of nitrogens with two attached hydrogens (primary N) is 3. The summed E-state index contributed by atoms with van der Waals surface area (Å²) >= 11 is 0. The molecule has 52 heavy (non-hydrogen) atoms. The van der Waals surface area contributed by atoms with Gasteiger partial charge in [0.1, 0.15) is 54.3 Å². The molecule has 0 spiro atoms. The van der Waals surface area contributed by atoms with Crippen molar-refractivity contribution in [2.75, 3.05) is 59.3 Å². The fraction of sp³-hybridized carbons (Fsp3) is 0.442. The Morgan fingerprint density at radius 3 is 1.63 bits per heavy atom. The molecule has 0 saturated heterocycles. The third-order valence-electron chi connectivity index (χ3n) is 8.73. The second-order valence-corrected chi connectivity index (χ2v) is 13.2. The van der Waals surface area contributed by atoms with Gasteiger partial charge in [0.05, 0.1) is 30.9 Å². The van der Waals surface area contributed by atoms with E-state index in [0.717, 1.165) is 53.7 Å². The highest BCUT2D eigenvalue weighted by molar-refractivity contribution is 5.86. The molecular formula is C43H59N3O6. The maximum atomic E-state index is 6.66. The van der Waals surface area contributed by atoms with Crippen molar-refractivity contribution in [3.05, 3.63) is 84.4 Å². The highest BCUT2D eigenvalue weighted by Gasteiger charge is 2.23. The summed E-state index contributed by atoms with van der Waals surface area (Å²) in [5.41, 5.74) is 22.2. The Morgan fingerprint density at radius 2 is 1.04 bits per heavy atom. The van der Waals surface area contributed by atoms with Gasteiger partial charge >= 0.3 is 0 Å². The van der Waals surface area contributed by atoms with E-state index in [4.69, 9.17) is 45.6 Å². The van der Waals surface area contributed by atoms with Gasteiger partial charge in [0, 0.05) is 32.1 Å². The number of hydrogen-bond donors (Lipinski definition) is 3. The summed E-state index contributed by atoms with van der Waals surface area (Å²) in [6.07, 6.45) is 3.69. The molecule has 0 saturated carbocycles. The van der Waals surface area contributed by atoms with Crippen LogP contribution in [0.4, 0.5) is 0 Å². The highest BCUT2D eigenvalue weighted by atomic mass is 16.5. The minimum absolute atomic E-state index is 0.301. The van der Waals surface area contributed by atoms with Crippen LogP contribution in [-0.4, -0.2) is 59.3 Å². The van der Waals surface area contributed by atoms with Crippen LogP contribution in [0, 0.1) is 11.8 Å². The Balaban J connectivity index is 1.88. The van der Waals surface area contributed by atoms with Crippen LogP contribution < -0.4 is 45.6 Å². The molecule has 0 aliphatic carbocycles. The van der Waals surface area contributed by atoms with Gasteiger partial charge in [-0.3, -0.25) is 0 Å². The van der Waals surface area contributed by atoms with E-state index in [1.807, 2.05) is 66.7 Å². The summed E-state index contributed by atoms with van der Waals surface area (Å²) < 4.78 is 38.3. The van der Waals surface area contributed by atoms with Crippen molar-refractivity contribution in [2.45, 2.75) is 53.4 Å². The number of hydrogen-bond acceptors (Lipinski definition) is 9. The summed E-state index contributed by atoms with van der Waals surface area (Å²) in [6, 6.07) is 26.1. The quantitative estimate of drug-likeness (QED) is 0.0663. The molecule has 9 nitrogen and oxygen atoms in total. The monoisotopic (exact) mass is 713 g/mol. The first kappa shape index (κ1) is 40.3. The van der Waals surface area contributed by atoms with Gasteiger partial charge in [-0.1, -0.05) is 76.9 Å². The van der Waals surface area contributed by atoms with Gasteiger partial charge in [0.2, 0.25) is 0 Å². The third-order valence-corrected chi connectivity index (χ3v) is 8.73. The summed E-state index contributed by atoms with van der Waals surface area (Å²) in [4.78, 5) is 0. The second-order valence-electron chi connectivity index (χ2n) is 13.2. The predicted molar refractivity (Wildman–Crippen MR) is 211 cm³/mol. The van der Waals surface area contributed by atoms with Crippen LogP contribution >= 0.6 is 0 Å².